The van der Waals surface area contributed by atoms with Crippen molar-refractivity contribution in [2.24, 2.45) is 0 Å². The van der Waals surface area contributed by atoms with Crippen molar-refractivity contribution in [3.05, 3.63) is 52.2 Å². The number of hydrogen-bond acceptors (Lipinski definition) is 5. The lowest BCUT2D eigenvalue weighted by atomic mass is 9.84. The molecule has 0 spiro atoms. The number of benzene rings is 1. The van der Waals surface area contributed by atoms with Gasteiger partial charge in [0.1, 0.15) is 5.75 Å². The second kappa shape index (κ2) is 9.07. The summed E-state index contributed by atoms with van der Waals surface area (Å²) in [7, 11) is -2.04. The highest BCUT2D eigenvalue weighted by Gasteiger charge is 2.36. The average molecular weight is 423 g/mol. The molecule has 1 saturated carbocycles. The molecule has 1 aromatic carbocycles. The minimum atomic E-state index is -3.59. The van der Waals surface area contributed by atoms with Crippen molar-refractivity contribution in [3.8, 4) is 5.75 Å². The first kappa shape index (κ1) is 20.8. The largest absolute Gasteiger partial charge is 0.497 e. The van der Waals surface area contributed by atoms with Gasteiger partial charge < -0.3 is 10.1 Å². The summed E-state index contributed by atoms with van der Waals surface area (Å²) in [5.41, 5.74) is 0.627. The van der Waals surface area contributed by atoms with Crippen LogP contribution in [0.3, 0.4) is 0 Å². The third-order valence-electron chi connectivity index (χ3n) is 5.20. The number of carbonyl (C=O) groups is 1. The number of hydrogen-bond donors (Lipinski definition) is 2. The van der Waals surface area contributed by atoms with E-state index in [1.165, 1.54) is 4.88 Å². The van der Waals surface area contributed by atoms with E-state index < -0.39 is 10.0 Å². The average Bonchev–Trinajstić information content (AvgIpc) is 3.38. The SMILES string of the molecule is COc1ccc(CS(=O)(=O)NCC(=O)NCC2(c3cccs3)CCCC2)cc1. The molecule has 152 valence electrons. The van der Waals surface area contributed by atoms with E-state index >= 15 is 0 Å². The molecule has 0 unspecified atom stereocenters. The summed E-state index contributed by atoms with van der Waals surface area (Å²) in [6.45, 7) is 0.297. The molecule has 1 aliphatic rings. The summed E-state index contributed by atoms with van der Waals surface area (Å²) in [5, 5.41) is 4.99. The van der Waals surface area contributed by atoms with Gasteiger partial charge in [-0.2, -0.15) is 0 Å². The molecule has 6 nitrogen and oxygen atoms in total. The molecular weight excluding hydrogens is 396 g/mol. The second-order valence-corrected chi connectivity index (χ2v) is 9.92. The third-order valence-corrected chi connectivity index (χ3v) is 7.61. The van der Waals surface area contributed by atoms with Crippen LogP contribution in [-0.4, -0.2) is 34.5 Å². The summed E-state index contributed by atoms with van der Waals surface area (Å²) in [6, 6.07) is 11.0. The van der Waals surface area contributed by atoms with Crippen molar-refractivity contribution < 1.29 is 17.9 Å². The Labute approximate surface area is 170 Å². The van der Waals surface area contributed by atoms with E-state index in [1.807, 2.05) is 6.07 Å². The Hall–Kier alpha value is -1.90. The fraction of sp³-hybridized carbons (Fsp3) is 0.450. The van der Waals surface area contributed by atoms with Crippen LogP contribution in [0.25, 0.3) is 0 Å². The zero-order chi connectivity index (χ0) is 20.0. The van der Waals surface area contributed by atoms with Crippen LogP contribution in [0, 0.1) is 0 Å². The number of methoxy groups -OCH3 is 1. The van der Waals surface area contributed by atoms with Crippen molar-refractivity contribution in [1.29, 1.82) is 0 Å². The highest BCUT2D eigenvalue weighted by molar-refractivity contribution is 7.88. The van der Waals surface area contributed by atoms with Crippen LogP contribution in [0.15, 0.2) is 41.8 Å². The monoisotopic (exact) mass is 422 g/mol. The fourth-order valence-corrected chi connectivity index (χ4v) is 5.71. The zero-order valence-corrected chi connectivity index (χ0v) is 17.6. The topological polar surface area (TPSA) is 84.5 Å². The van der Waals surface area contributed by atoms with Crippen LogP contribution in [-0.2, 0) is 26.0 Å². The van der Waals surface area contributed by atoms with Gasteiger partial charge in [-0.15, -0.1) is 11.3 Å². The van der Waals surface area contributed by atoms with Gasteiger partial charge in [0, 0.05) is 16.8 Å². The van der Waals surface area contributed by atoms with Crippen LogP contribution < -0.4 is 14.8 Å². The number of nitrogens with one attached hydrogen (secondary N) is 2. The van der Waals surface area contributed by atoms with E-state index in [9.17, 15) is 13.2 Å². The van der Waals surface area contributed by atoms with E-state index in [-0.39, 0.29) is 23.6 Å². The van der Waals surface area contributed by atoms with E-state index in [0.29, 0.717) is 17.9 Å². The Bertz CT molecular complexity index is 871. The van der Waals surface area contributed by atoms with Crippen molar-refractivity contribution in [2.75, 3.05) is 20.2 Å². The lowest BCUT2D eigenvalue weighted by Crippen LogP contribution is -2.43. The molecule has 0 atom stereocenters. The van der Waals surface area contributed by atoms with Crippen LogP contribution in [0.2, 0.25) is 0 Å². The van der Waals surface area contributed by atoms with Crippen LogP contribution in [0.1, 0.15) is 36.1 Å². The maximum atomic E-state index is 12.2. The number of carbonyl (C=O) groups excluding carboxylic acids is 1. The first-order chi connectivity index (χ1) is 13.4. The number of rotatable bonds is 9. The molecule has 1 heterocycles. The summed E-state index contributed by atoms with van der Waals surface area (Å²) >= 11 is 1.72. The Morgan fingerprint density at radius 1 is 1.18 bits per heavy atom. The quantitative estimate of drug-likeness (QED) is 0.651. The van der Waals surface area contributed by atoms with Gasteiger partial charge in [0.25, 0.3) is 0 Å². The van der Waals surface area contributed by atoms with Gasteiger partial charge in [-0.3, -0.25) is 4.79 Å². The molecule has 2 N–H and O–H groups in total. The number of ether oxygens (including phenoxy) is 1. The molecule has 1 aromatic heterocycles. The predicted molar refractivity (Wildman–Crippen MR) is 111 cm³/mol. The molecule has 3 rings (SSSR count). The molecule has 2 aromatic rings. The minimum Gasteiger partial charge on any atom is -0.497 e. The maximum Gasteiger partial charge on any atom is 0.235 e. The van der Waals surface area contributed by atoms with Crippen molar-refractivity contribution in [1.82, 2.24) is 10.0 Å². The van der Waals surface area contributed by atoms with E-state index in [1.54, 1.807) is 42.7 Å². The van der Waals surface area contributed by atoms with Gasteiger partial charge in [-0.05, 0) is 42.0 Å². The normalized spacial score (nSPS) is 16.0. The summed E-state index contributed by atoms with van der Waals surface area (Å²) < 4.78 is 32.0. The molecule has 8 heteroatoms. The molecule has 1 amide bonds. The predicted octanol–water partition coefficient (Wildman–Crippen LogP) is 2.80. The van der Waals surface area contributed by atoms with Crippen molar-refractivity contribution >= 4 is 27.3 Å². The van der Waals surface area contributed by atoms with Gasteiger partial charge in [-0.1, -0.05) is 31.0 Å². The van der Waals surface area contributed by atoms with Gasteiger partial charge in [0.05, 0.1) is 19.4 Å². The standard InChI is InChI=1S/C20H26N2O4S2/c1-26-17-8-6-16(7-9-17)14-28(24,25)22-13-19(23)21-15-20(10-2-3-11-20)18-5-4-12-27-18/h4-9,12,22H,2-3,10-11,13-15H2,1H3,(H,21,23). The summed E-state index contributed by atoms with van der Waals surface area (Å²) in [4.78, 5) is 13.5. The molecule has 0 radical (unpaired) electrons. The number of amides is 1. The lowest BCUT2D eigenvalue weighted by Gasteiger charge is -2.28. The molecule has 1 aliphatic carbocycles. The molecule has 28 heavy (non-hydrogen) atoms. The van der Waals surface area contributed by atoms with Crippen molar-refractivity contribution in [2.45, 2.75) is 36.9 Å². The minimum absolute atomic E-state index is 0.00814. The number of sulfonamides is 1. The van der Waals surface area contributed by atoms with Crippen LogP contribution in [0.5, 0.6) is 5.75 Å². The Kier molecular flexibility index (Phi) is 6.74. The fourth-order valence-electron chi connectivity index (χ4n) is 3.64. The Morgan fingerprint density at radius 3 is 2.50 bits per heavy atom. The van der Waals surface area contributed by atoms with Gasteiger partial charge >= 0.3 is 0 Å². The molecule has 0 saturated heterocycles. The Balaban J connectivity index is 1.50. The third kappa shape index (κ3) is 5.33. The zero-order valence-electron chi connectivity index (χ0n) is 15.9. The first-order valence-electron chi connectivity index (χ1n) is 9.33. The molecule has 0 aliphatic heterocycles. The smallest absolute Gasteiger partial charge is 0.235 e. The molecule has 1 fully saturated rings. The summed E-state index contributed by atoms with van der Waals surface area (Å²) in [6.07, 6.45) is 4.42. The van der Waals surface area contributed by atoms with Crippen molar-refractivity contribution in [3.63, 3.8) is 0 Å². The van der Waals surface area contributed by atoms with E-state index in [2.05, 4.69) is 21.5 Å². The lowest BCUT2D eigenvalue weighted by molar-refractivity contribution is -0.120. The highest BCUT2D eigenvalue weighted by atomic mass is 32.2. The molecular formula is C20H26N2O4S2. The van der Waals surface area contributed by atoms with E-state index in [0.717, 1.165) is 25.7 Å². The highest BCUT2D eigenvalue weighted by Crippen LogP contribution is 2.42. The van der Waals surface area contributed by atoms with Crippen LogP contribution >= 0.6 is 11.3 Å². The Morgan fingerprint density at radius 2 is 1.89 bits per heavy atom. The van der Waals surface area contributed by atoms with Crippen LogP contribution in [0.4, 0.5) is 0 Å². The van der Waals surface area contributed by atoms with Gasteiger partial charge in [0.2, 0.25) is 15.9 Å². The molecule has 0 bridgehead atoms. The summed E-state index contributed by atoms with van der Waals surface area (Å²) in [5.74, 6) is 0.185. The van der Waals surface area contributed by atoms with Gasteiger partial charge in [-0.25, -0.2) is 13.1 Å². The maximum absolute atomic E-state index is 12.2. The first-order valence-corrected chi connectivity index (χ1v) is 11.9. The number of thiophene rings is 1. The van der Waals surface area contributed by atoms with Gasteiger partial charge in [0.15, 0.2) is 0 Å². The second-order valence-electron chi connectivity index (χ2n) is 7.17. The van der Waals surface area contributed by atoms with E-state index in [4.69, 9.17) is 4.74 Å².